The van der Waals surface area contributed by atoms with Gasteiger partial charge in [-0.25, -0.2) is 0 Å². The van der Waals surface area contributed by atoms with Gasteiger partial charge in [-0.3, -0.25) is 4.98 Å². The molecule has 1 aromatic rings. The molecule has 120 valence electrons. The van der Waals surface area contributed by atoms with Crippen LogP contribution in [-0.2, 0) is 6.54 Å². The highest BCUT2D eigenvalue weighted by Gasteiger charge is 2.50. The molecule has 5 rings (SSSR count). The molecule has 0 unspecified atom stereocenters. The number of aromatic nitrogens is 1. The van der Waals surface area contributed by atoms with Crippen molar-refractivity contribution >= 4 is 13.3 Å². The minimum absolute atomic E-state index is 0.452. The van der Waals surface area contributed by atoms with Gasteiger partial charge in [0.25, 0.3) is 0 Å². The van der Waals surface area contributed by atoms with Crippen molar-refractivity contribution in [2.24, 2.45) is 17.8 Å². The average molecular weight is 315 g/mol. The summed E-state index contributed by atoms with van der Waals surface area (Å²) in [6, 6.07) is 4.57. The van der Waals surface area contributed by atoms with Gasteiger partial charge in [-0.15, -0.1) is 0 Å². The van der Waals surface area contributed by atoms with Gasteiger partial charge in [-0.05, 0) is 67.5 Å². The minimum Gasteiger partial charge on any atom is -0.306 e. The summed E-state index contributed by atoms with van der Waals surface area (Å²) in [5.41, 5.74) is 1.67. The molecule has 4 bridgehead atoms. The number of nitrogens with zero attached hydrogens (tertiary/aromatic N) is 1. The van der Waals surface area contributed by atoms with Crippen LogP contribution < -0.4 is 10.5 Å². The van der Waals surface area contributed by atoms with Crippen molar-refractivity contribution in [1.29, 1.82) is 0 Å². The summed E-state index contributed by atoms with van der Waals surface area (Å²) < 4.78 is 0. The number of pyridine rings is 1. The summed E-state index contributed by atoms with van der Waals surface area (Å²) in [6.45, 7) is 8.12. The van der Waals surface area contributed by atoms with E-state index in [-0.39, 0.29) is 0 Å². The van der Waals surface area contributed by atoms with Gasteiger partial charge in [0.15, 0.2) is 0 Å². The van der Waals surface area contributed by atoms with Gasteiger partial charge in [0.1, 0.15) is 0 Å². The molecule has 0 aliphatic heterocycles. The summed E-state index contributed by atoms with van der Waals surface area (Å²) in [5, 5.41) is 5.41. The monoisotopic (exact) mass is 314 g/mol. The molecule has 1 N–H and O–H groups in total. The molecule has 4 aliphatic carbocycles. The Kier molecular flexibility index (Phi) is 3.50. The molecule has 0 amide bonds. The molecule has 4 saturated carbocycles. The lowest BCUT2D eigenvalue weighted by Gasteiger charge is -2.57. The first kappa shape index (κ1) is 14.9. The van der Waals surface area contributed by atoms with Gasteiger partial charge in [0.05, 0.1) is 13.8 Å². The zero-order chi connectivity index (χ0) is 15.4. The second-order valence-corrected chi connectivity index (χ2v) is 14.4. The molecule has 0 saturated heterocycles. The van der Waals surface area contributed by atoms with E-state index in [1.807, 2.05) is 0 Å². The predicted octanol–water partition coefficient (Wildman–Crippen LogP) is 3.69. The Hall–Kier alpha value is -0.673. The van der Waals surface area contributed by atoms with Crippen LogP contribution in [0.2, 0.25) is 19.6 Å². The molecule has 22 heavy (non-hydrogen) atoms. The van der Waals surface area contributed by atoms with E-state index in [4.69, 9.17) is 4.98 Å². The van der Waals surface area contributed by atoms with Crippen LogP contribution in [0.1, 0.15) is 44.2 Å². The molecule has 0 spiro atoms. The molecular formula is C19H30N2Si. The van der Waals surface area contributed by atoms with Crippen LogP contribution in [0.4, 0.5) is 0 Å². The highest BCUT2D eigenvalue weighted by molar-refractivity contribution is 6.88. The van der Waals surface area contributed by atoms with Crippen LogP contribution in [0, 0.1) is 17.8 Å². The predicted molar refractivity (Wildman–Crippen MR) is 95.0 cm³/mol. The van der Waals surface area contributed by atoms with E-state index in [9.17, 15) is 0 Å². The Morgan fingerprint density at radius 2 is 1.64 bits per heavy atom. The maximum absolute atomic E-state index is 4.73. The van der Waals surface area contributed by atoms with Crippen molar-refractivity contribution in [3.8, 4) is 0 Å². The first-order valence-corrected chi connectivity index (χ1v) is 12.6. The van der Waals surface area contributed by atoms with Crippen LogP contribution >= 0.6 is 0 Å². The fourth-order valence-electron chi connectivity index (χ4n) is 5.58. The van der Waals surface area contributed by atoms with Crippen LogP contribution in [0.5, 0.6) is 0 Å². The fraction of sp³-hybridized carbons (Fsp3) is 0.737. The highest BCUT2D eigenvalue weighted by Crippen LogP contribution is 2.55. The summed E-state index contributed by atoms with van der Waals surface area (Å²) in [5.74, 6) is 3.04. The van der Waals surface area contributed by atoms with Crippen LogP contribution in [0.3, 0.4) is 0 Å². The van der Waals surface area contributed by atoms with Crippen molar-refractivity contribution < 1.29 is 0 Å². The van der Waals surface area contributed by atoms with E-state index in [0.717, 1.165) is 24.3 Å². The summed E-state index contributed by atoms with van der Waals surface area (Å²) in [6.07, 6.45) is 10.9. The van der Waals surface area contributed by atoms with Gasteiger partial charge in [0.2, 0.25) is 0 Å². The van der Waals surface area contributed by atoms with E-state index in [1.54, 1.807) is 0 Å². The topological polar surface area (TPSA) is 24.9 Å². The first-order valence-electron chi connectivity index (χ1n) is 9.12. The second kappa shape index (κ2) is 5.17. The molecule has 1 heterocycles. The van der Waals surface area contributed by atoms with Gasteiger partial charge in [-0.1, -0.05) is 25.7 Å². The van der Waals surface area contributed by atoms with Gasteiger partial charge in [0, 0.05) is 18.3 Å². The van der Waals surface area contributed by atoms with E-state index in [2.05, 4.69) is 43.3 Å². The van der Waals surface area contributed by atoms with E-state index >= 15 is 0 Å². The highest BCUT2D eigenvalue weighted by atomic mass is 28.3. The Bertz CT molecular complexity index is 508. The van der Waals surface area contributed by atoms with Crippen molar-refractivity contribution in [2.75, 3.05) is 0 Å². The second-order valence-electron chi connectivity index (χ2n) is 9.34. The molecule has 0 radical (unpaired) electrons. The Morgan fingerprint density at radius 3 is 2.09 bits per heavy atom. The van der Waals surface area contributed by atoms with E-state index in [1.165, 1.54) is 49.4 Å². The third-order valence-electron chi connectivity index (χ3n) is 6.37. The molecule has 2 nitrogen and oxygen atoms in total. The Labute approximate surface area is 136 Å². The standard InChI is InChI=1S/C19H30N2Si/c1-22(2,3)18-5-4-17(20-13-18)12-21-19-9-14-6-15(10-19)8-16(7-14)11-19/h4-5,13-16,21H,6-12H2,1-3H3. The maximum atomic E-state index is 4.73. The van der Waals surface area contributed by atoms with Crippen molar-refractivity contribution in [1.82, 2.24) is 10.3 Å². The smallest absolute Gasteiger partial charge is 0.0796 e. The number of hydrogen-bond acceptors (Lipinski definition) is 2. The molecule has 0 atom stereocenters. The lowest BCUT2D eigenvalue weighted by atomic mass is 9.53. The molecule has 4 aliphatic rings. The van der Waals surface area contributed by atoms with Gasteiger partial charge in [-0.2, -0.15) is 0 Å². The number of hydrogen-bond donors (Lipinski definition) is 1. The largest absolute Gasteiger partial charge is 0.306 e. The van der Waals surface area contributed by atoms with Crippen LogP contribution in [0.15, 0.2) is 18.3 Å². The van der Waals surface area contributed by atoms with E-state index in [0.29, 0.717) is 5.54 Å². The Balaban J connectivity index is 1.42. The third kappa shape index (κ3) is 2.78. The van der Waals surface area contributed by atoms with Gasteiger partial charge < -0.3 is 5.32 Å². The lowest BCUT2D eigenvalue weighted by Crippen LogP contribution is -2.58. The zero-order valence-corrected chi connectivity index (χ0v) is 15.4. The normalized spacial score (nSPS) is 36.8. The molecule has 3 heteroatoms. The quantitative estimate of drug-likeness (QED) is 0.858. The molecular weight excluding hydrogens is 284 g/mol. The van der Waals surface area contributed by atoms with Gasteiger partial charge >= 0.3 is 0 Å². The molecule has 0 aromatic carbocycles. The SMILES string of the molecule is C[Si](C)(C)c1ccc(CNC23CC4CC(CC(C4)C2)C3)nc1. The van der Waals surface area contributed by atoms with E-state index < -0.39 is 8.07 Å². The van der Waals surface area contributed by atoms with Crippen molar-refractivity contribution in [2.45, 2.75) is 70.2 Å². The maximum Gasteiger partial charge on any atom is 0.0796 e. The lowest BCUT2D eigenvalue weighted by molar-refractivity contribution is -0.0207. The summed E-state index contributed by atoms with van der Waals surface area (Å²) in [4.78, 5) is 4.73. The van der Waals surface area contributed by atoms with Crippen molar-refractivity contribution in [3.63, 3.8) is 0 Å². The summed E-state index contributed by atoms with van der Waals surface area (Å²) in [7, 11) is -1.22. The number of nitrogens with one attached hydrogen (secondary N) is 1. The van der Waals surface area contributed by atoms with Crippen molar-refractivity contribution in [3.05, 3.63) is 24.0 Å². The summed E-state index contributed by atoms with van der Waals surface area (Å²) >= 11 is 0. The third-order valence-corrected chi connectivity index (χ3v) is 8.40. The molecule has 1 aromatic heterocycles. The number of rotatable bonds is 4. The molecule has 4 fully saturated rings. The first-order chi connectivity index (χ1) is 10.4. The zero-order valence-electron chi connectivity index (χ0n) is 14.4. The van der Waals surface area contributed by atoms with Crippen LogP contribution in [0.25, 0.3) is 0 Å². The fourth-order valence-corrected chi connectivity index (χ4v) is 6.61. The average Bonchev–Trinajstić information content (AvgIpc) is 2.43. The Morgan fingerprint density at radius 1 is 1.05 bits per heavy atom. The van der Waals surface area contributed by atoms with Crippen LogP contribution in [-0.4, -0.2) is 18.6 Å². The minimum atomic E-state index is -1.22.